The Kier molecular flexibility index (Phi) is 6.04. The number of hydrogen-bond donors (Lipinski definition) is 1. The minimum absolute atomic E-state index is 0.128. The summed E-state index contributed by atoms with van der Waals surface area (Å²) < 4.78 is 5.70. The van der Waals surface area contributed by atoms with Gasteiger partial charge in [0.15, 0.2) is 6.10 Å². The lowest BCUT2D eigenvalue weighted by Crippen LogP contribution is -2.30. The van der Waals surface area contributed by atoms with Gasteiger partial charge < -0.3 is 15.0 Å². The van der Waals surface area contributed by atoms with Crippen molar-refractivity contribution in [3.8, 4) is 5.75 Å². The van der Waals surface area contributed by atoms with E-state index in [0.29, 0.717) is 22.0 Å². The summed E-state index contributed by atoms with van der Waals surface area (Å²) in [4.78, 5) is 25.8. The molecule has 0 fully saturated rings. The summed E-state index contributed by atoms with van der Waals surface area (Å²) in [5.41, 5.74) is 1.90. The van der Waals surface area contributed by atoms with Gasteiger partial charge in [0.2, 0.25) is 0 Å². The Balaban J connectivity index is 2.06. The Morgan fingerprint density at radius 2 is 1.88 bits per heavy atom. The first-order valence-corrected chi connectivity index (χ1v) is 8.21. The molecule has 0 saturated heterocycles. The fourth-order valence-corrected chi connectivity index (χ4v) is 2.45. The fraction of sp³-hybridized carbons (Fsp3) is 0.263. The van der Waals surface area contributed by atoms with Crippen molar-refractivity contribution in [1.29, 1.82) is 0 Å². The van der Waals surface area contributed by atoms with Gasteiger partial charge in [-0.05, 0) is 55.8 Å². The van der Waals surface area contributed by atoms with Crippen molar-refractivity contribution in [1.82, 2.24) is 4.90 Å². The van der Waals surface area contributed by atoms with Crippen LogP contribution in [0.15, 0.2) is 42.5 Å². The number of anilines is 1. The zero-order chi connectivity index (χ0) is 18.6. The summed E-state index contributed by atoms with van der Waals surface area (Å²) >= 11 is 5.92. The number of amides is 2. The molecule has 1 atom stereocenters. The number of nitrogens with zero attached hydrogens (tertiary/aromatic N) is 1. The summed E-state index contributed by atoms with van der Waals surface area (Å²) in [5, 5.41) is 3.38. The predicted octanol–water partition coefficient (Wildman–Crippen LogP) is 3.76. The largest absolute Gasteiger partial charge is 0.481 e. The van der Waals surface area contributed by atoms with Gasteiger partial charge in [0, 0.05) is 30.4 Å². The number of hydrogen-bond acceptors (Lipinski definition) is 3. The summed E-state index contributed by atoms with van der Waals surface area (Å²) in [6, 6.07) is 12.0. The highest BCUT2D eigenvalue weighted by atomic mass is 35.5. The van der Waals surface area contributed by atoms with E-state index in [-0.39, 0.29) is 11.8 Å². The number of benzene rings is 2. The highest BCUT2D eigenvalue weighted by Crippen LogP contribution is 2.23. The van der Waals surface area contributed by atoms with Crippen LogP contribution in [0.25, 0.3) is 0 Å². The van der Waals surface area contributed by atoms with Gasteiger partial charge in [-0.25, -0.2) is 0 Å². The summed E-state index contributed by atoms with van der Waals surface area (Å²) in [6.45, 7) is 3.53. The molecule has 132 valence electrons. The maximum atomic E-state index is 12.4. The maximum absolute atomic E-state index is 12.4. The van der Waals surface area contributed by atoms with Crippen molar-refractivity contribution in [3.63, 3.8) is 0 Å². The normalized spacial score (nSPS) is 11.6. The number of ether oxygens (including phenoxy) is 1. The second kappa shape index (κ2) is 8.03. The number of nitrogens with one attached hydrogen (secondary N) is 1. The van der Waals surface area contributed by atoms with Gasteiger partial charge in [0.05, 0.1) is 0 Å². The molecule has 0 spiro atoms. The maximum Gasteiger partial charge on any atom is 0.265 e. The summed E-state index contributed by atoms with van der Waals surface area (Å²) in [5.74, 6) is 0.171. The highest BCUT2D eigenvalue weighted by Gasteiger charge is 2.17. The molecule has 1 unspecified atom stereocenters. The van der Waals surface area contributed by atoms with E-state index in [1.54, 1.807) is 63.5 Å². The Bertz CT molecular complexity index is 790. The second-order valence-corrected chi connectivity index (χ2v) is 6.38. The second-order valence-electron chi connectivity index (χ2n) is 5.94. The zero-order valence-corrected chi connectivity index (χ0v) is 15.4. The van der Waals surface area contributed by atoms with Crippen LogP contribution in [-0.2, 0) is 4.79 Å². The van der Waals surface area contributed by atoms with E-state index >= 15 is 0 Å². The van der Waals surface area contributed by atoms with E-state index in [1.165, 1.54) is 4.90 Å². The molecule has 1 N–H and O–H groups in total. The lowest BCUT2D eigenvalue weighted by Gasteiger charge is -2.17. The van der Waals surface area contributed by atoms with Crippen LogP contribution in [0, 0.1) is 6.92 Å². The molecule has 0 aliphatic heterocycles. The molecule has 0 saturated carbocycles. The van der Waals surface area contributed by atoms with Crippen LogP contribution in [0.3, 0.4) is 0 Å². The topological polar surface area (TPSA) is 58.6 Å². The smallest absolute Gasteiger partial charge is 0.265 e. The lowest BCUT2D eigenvalue weighted by molar-refractivity contribution is -0.122. The molecule has 0 heterocycles. The van der Waals surface area contributed by atoms with Gasteiger partial charge in [-0.3, -0.25) is 9.59 Å². The lowest BCUT2D eigenvalue weighted by atomic mass is 10.1. The van der Waals surface area contributed by atoms with E-state index in [9.17, 15) is 9.59 Å². The van der Waals surface area contributed by atoms with Gasteiger partial charge in [0.25, 0.3) is 11.8 Å². The third-order valence-electron chi connectivity index (χ3n) is 3.59. The van der Waals surface area contributed by atoms with Gasteiger partial charge in [-0.1, -0.05) is 17.7 Å². The molecule has 2 aromatic carbocycles. The van der Waals surface area contributed by atoms with Crippen molar-refractivity contribution in [3.05, 3.63) is 58.6 Å². The van der Waals surface area contributed by atoms with Crippen molar-refractivity contribution >= 4 is 29.1 Å². The van der Waals surface area contributed by atoms with Crippen LogP contribution >= 0.6 is 11.6 Å². The van der Waals surface area contributed by atoms with Gasteiger partial charge in [-0.2, -0.15) is 0 Å². The molecule has 0 aliphatic rings. The van der Waals surface area contributed by atoms with Gasteiger partial charge >= 0.3 is 0 Å². The van der Waals surface area contributed by atoms with E-state index in [2.05, 4.69) is 5.32 Å². The standard InChI is InChI=1S/C19H21ClN2O3/c1-12-10-15(20)8-9-17(12)25-13(2)18(23)21-16-7-5-6-14(11-16)19(24)22(3)4/h5-11,13H,1-4H3,(H,21,23). The van der Waals surface area contributed by atoms with Crippen molar-refractivity contribution in [2.45, 2.75) is 20.0 Å². The predicted molar refractivity (Wildman–Crippen MR) is 99.4 cm³/mol. The molecular formula is C19H21ClN2O3. The molecule has 0 aromatic heterocycles. The van der Waals surface area contributed by atoms with Gasteiger partial charge in [-0.15, -0.1) is 0 Å². The minimum Gasteiger partial charge on any atom is -0.481 e. The monoisotopic (exact) mass is 360 g/mol. The minimum atomic E-state index is -0.701. The zero-order valence-electron chi connectivity index (χ0n) is 14.7. The van der Waals surface area contributed by atoms with Crippen LogP contribution in [0.5, 0.6) is 5.75 Å². The van der Waals surface area contributed by atoms with Crippen LogP contribution in [0.1, 0.15) is 22.8 Å². The molecule has 2 amide bonds. The van der Waals surface area contributed by atoms with E-state index in [0.717, 1.165) is 5.56 Å². The third kappa shape index (κ3) is 4.97. The van der Waals surface area contributed by atoms with E-state index in [1.807, 2.05) is 6.92 Å². The Hall–Kier alpha value is -2.53. The molecule has 5 nitrogen and oxygen atoms in total. The molecule has 25 heavy (non-hydrogen) atoms. The number of carbonyl (C=O) groups is 2. The fourth-order valence-electron chi connectivity index (χ4n) is 2.22. The number of carbonyl (C=O) groups excluding carboxylic acids is 2. The van der Waals surface area contributed by atoms with Gasteiger partial charge in [0.1, 0.15) is 5.75 Å². The van der Waals surface area contributed by atoms with Crippen LogP contribution in [0.2, 0.25) is 5.02 Å². The highest BCUT2D eigenvalue weighted by molar-refractivity contribution is 6.30. The van der Waals surface area contributed by atoms with Crippen molar-refractivity contribution in [2.24, 2.45) is 0 Å². The first-order valence-electron chi connectivity index (χ1n) is 7.83. The Morgan fingerprint density at radius 3 is 2.52 bits per heavy atom. The molecular weight excluding hydrogens is 340 g/mol. The SMILES string of the molecule is Cc1cc(Cl)ccc1OC(C)C(=O)Nc1cccc(C(=O)N(C)C)c1. The Morgan fingerprint density at radius 1 is 1.16 bits per heavy atom. The summed E-state index contributed by atoms with van der Waals surface area (Å²) in [7, 11) is 3.36. The quantitative estimate of drug-likeness (QED) is 0.883. The molecule has 2 rings (SSSR count). The number of halogens is 1. The van der Waals surface area contributed by atoms with Crippen molar-refractivity contribution < 1.29 is 14.3 Å². The first-order chi connectivity index (χ1) is 11.8. The van der Waals surface area contributed by atoms with E-state index < -0.39 is 6.10 Å². The third-order valence-corrected chi connectivity index (χ3v) is 3.83. The average Bonchev–Trinajstić information content (AvgIpc) is 2.56. The molecule has 6 heteroatoms. The molecule has 0 radical (unpaired) electrons. The average molecular weight is 361 g/mol. The number of rotatable bonds is 5. The molecule has 0 aliphatic carbocycles. The number of aryl methyl sites for hydroxylation is 1. The molecule has 2 aromatic rings. The molecule has 0 bridgehead atoms. The van der Waals surface area contributed by atoms with Crippen LogP contribution in [-0.4, -0.2) is 36.9 Å². The Labute approximate surface area is 152 Å². The van der Waals surface area contributed by atoms with Crippen LogP contribution in [0.4, 0.5) is 5.69 Å². The van der Waals surface area contributed by atoms with E-state index in [4.69, 9.17) is 16.3 Å². The van der Waals surface area contributed by atoms with Crippen molar-refractivity contribution in [2.75, 3.05) is 19.4 Å². The summed E-state index contributed by atoms with van der Waals surface area (Å²) in [6.07, 6.45) is -0.701. The first kappa shape index (κ1) is 18.8. The van der Waals surface area contributed by atoms with Crippen LogP contribution < -0.4 is 10.1 Å².